The van der Waals surface area contributed by atoms with Gasteiger partial charge in [-0.1, -0.05) is 37.3 Å². The van der Waals surface area contributed by atoms with Crippen LogP contribution < -0.4 is 10.6 Å². The summed E-state index contributed by atoms with van der Waals surface area (Å²) in [6.45, 7) is 5.67. The minimum absolute atomic E-state index is 0. The van der Waals surface area contributed by atoms with Gasteiger partial charge in [0.05, 0.1) is 0 Å². The molecule has 0 spiro atoms. The van der Waals surface area contributed by atoms with Crippen LogP contribution in [0.5, 0.6) is 0 Å². The van der Waals surface area contributed by atoms with E-state index in [0.717, 1.165) is 12.3 Å². The van der Waals surface area contributed by atoms with Crippen molar-refractivity contribution in [3.05, 3.63) is 65.7 Å². The number of likely N-dealkylation sites (N-methyl/N-ethyl adjacent to an activating group) is 1. The Kier molecular flexibility index (Phi) is 9.53. The van der Waals surface area contributed by atoms with Crippen molar-refractivity contribution in [3.63, 3.8) is 0 Å². The molecule has 0 fully saturated rings. The highest BCUT2D eigenvalue weighted by Gasteiger charge is 2.07. The molecule has 130 valence electrons. The highest BCUT2D eigenvalue weighted by molar-refractivity contribution is 7.98. The Morgan fingerprint density at radius 3 is 2.38 bits per heavy atom. The molecule has 0 bridgehead atoms. The number of nitrogens with one attached hydrogen (secondary N) is 2. The third kappa shape index (κ3) is 6.95. The highest BCUT2D eigenvalue weighted by Crippen LogP contribution is 2.22. The Hall–Kier alpha value is -1.49. The van der Waals surface area contributed by atoms with Gasteiger partial charge < -0.3 is 10.6 Å². The largest absolute Gasteiger partial charge is 0.350 e. The highest BCUT2D eigenvalue weighted by atomic mass is 35.5. The molecule has 0 unspecified atom stereocenters. The van der Waals surface area contributed by atoms with Gasteiger partial charge in [0.25, 0.3) is 5.91 Å². The van der Waals surface area contributed by atoms with Crippen LogP contribution >= 0.6 is 24.2 Å². The van der Waals surface area contributed by atoms with Gasteiger partial charge in [-0.25, -0.2) is 0 Å². The number of hydrogen-bond acceptors (Lipinski definition) is 3. The normalized spacial score (nSPS) is 11.4. The first-order valence-corrected chi connectivity index (χ1v) is 8.96. The Morgan fingerprint density at radius 1 is 1.08 bits per heavy atom. The van der Waals surface area contributed by atoms with Crippen LogP contribution in [0.4, 0.5) is 0 Å². The molecule has 0 aliphatic heterocycles. The van der Waals surface area contributed by atoms with Gasteiger partial charge in [-0.3, -0.25) is 4.79 Å². The van der Waals surface area contributed by atoms with Crippen LogP contribution in [-0.2, 0) is 5.75 Å². The second kappa shape index (κ2) is 11.1. The fraction of sp³-hybridized carbons (Fsp3) is 0.316. The maximum absolute atomic E-state index is 12.1. The molecular weight excluding hydrogens is 340 g/mol. The van der Waals surface area contributed by atoms with E-state index in [9.17, 15) is 4.79 Å². The van der Waals surface area contributed by atoms with E-state index in [1.165, 1.54) is 10.5 Å². The molecule has 0 aliphatic carbocycles. The fourth-order valence-corrected chi connectivity index (χ4v) is 3.08. The van der Waals surface area contributed by atoms with E-state index in [0.29, 0.717) is 12.1 Å². The average Bonchev–Trinajstić information content (AvgIpc) is 2.59. The Labute approximate surface area is 155 Å². The van der Waals surface area contributed by atoms with E-state index in [2.05, 4.69) is 36.6 Å². The molecule has 0 aliphatic rings. The Balaban J connectivity index is 0.00000288. The fourth-order valence-electron chi connectivity index (χ4n) is 2.20. The van der Waals surface area contributed by atoms with E-state index in [1.807, 2.05) is 42.5 Å². The molecule has 2 N–H and O–H groups in total. The first-order chi connectivity index (χ1) is 11.2. The molecule has 2 aromatic carbocycles. The van der Waals surface area contributed by atoms with Crippen LogP contribution in [0.25, 0.3) is 0 Å². The predicted octanol–water partition coefficient (Wildman–Crippen LogP) is 4.13. The summed E-state index contributed by atoms with van der Waals surface area (Å²) in [6, 6.07) is 18.5. The number of hydrogen-bond donors (Lipinski definition) is 2. The lowest BCUT2D eigenvalue weighted by Crippen LogP contribution is -2.38. The van der Waals surface area contributed by atoms with E-state index >= 15 is 0 Å². The average molecular weight is 365 g/mol. The molecule has 2 rings (SSSR count). The first kappa shape index (κ1) is 20.6. The molecule has 1 amide bonds. The van der Waals surface area contributed by atoms with Gasteiger partial charge in [0, 0.05) is 28.8 Å². The zero-order valence-electron chi connectivity index (χ0n) is 14.1. The zero-order chi connectivity index (χ0) is 16.5. The smallest absolute Gasteiger partial charge is 0.251 e. The van der Waals surface area contributed by atoms with Crippen LogP contribution in [0.3, 0.4) is 0 Å². The van der Waals surface area contributed by atoms with Crippen LogP contribution in [0.1, 0.15) is 29.8 Å². The number of carbonyl (C=O) groups is 1. The van der Waals surface area contributed by atoms with Crippen molar-refractivity contribution in [1.82, 2.24) is 10.6 Å². The molecule has 1 atom stereocenters. The van der Waals surface area contributed by atoms with E-state index < -0.39 is 0 Å². The van der Waals surface area contributed by atoms with Gasteiger partial charge in [-0.15, -0.1) is 24.2 Å². The van der Waals surface area contributed by atoms with Gasteiger partial charge in [-0.05, 0) is 43.3 Å². The topological polar surface area (TPSA) is 41.1 Å². The van der Waals surface area contributed by atoms with Crippen molar-refractivity contribution < 1.29 is 4.79 Å². The molecule has 0 radical (unpaired) electrons. The lowest BCUT2D eigenvalue weighted by atomic mass is 10.1. The van der Waals surface area contributed by atoms with Gasteiger partial charge in [-0.2, -0.15) is 0 Å². The Bertz CT molecular complexity index is 605. The van der Waals surface area contributed by atoms with Gasteiger partial charge in [0.2, 0.25) is 0 Å². The van der Waals surface area contributed by atoms with Crippen molar-refractivity contribution >= 4 is 30.1 Å². The van der Waals surface area contributed by atoms with Crippen molar-refractivity contribution in [2.24, 2.45) is 0 Å². The van der Waals surface area contributed by atoms with Crippen molar-refractivity contribution in [2.45, 2.75) is 30.5 Å². The van der Waals surface area contributed by atoms with E-state index in [-0.39, 0.29) is 24.4 Å². The zero-order valence-corrected chi connectivity index (χ0v) is 15.8. The molecule has 2 aromatic rings. The molecular formula is C19H25ClN2OS. The third-order valence-electron chi connectivity index (χ3n) is 3.49. The van der Waals surface area contributed by atoms with Crippen molar-refractivity contribution in [2.75, 3.05) is 13.1 Å². The number of halogens is 1. The van der Waals surface area contributed by atoms with Gasteiger partial charge in [0.15, 0.2) is 0 Å². The number of benzene rings is 2. The van der Waals surface area contributed by atoms with Crippen LogP contribution in [0.2, 0.25) is 0 Å². The summed E-state index contributed by atoms with van der Waals surface area (Å²) in [5, 5.41) is 6.23. The number of carbonyl (C=O) groups excluding carboxylic acids is 1. The van der Waals surface area contributed by atoms with Gasteiger partial charge in [0.1, 0.15) is 0 Å². The lowest BCUT2D eigenvalue weighted by molar-refractivity contribution is 0.0950. The summed E-state index contributed by atoms with van der Waals surface area (Å²) in [5.41, 5.74) is 1.93. The summed E-state index contributed by atoms with van der Waals surface area (Å²) in [5.74, 6) is 0.889. The third-order valence-corrected chi connectivity index (χ3v) is 4.57. The summed E-state index contributed by atoms with van der Waals surface area (Å²) >= 11 is 1.80. The number of thioether (sulfide) groups is 1. The Morgan fingerprint density at radius 2 is 1.75 bits per heavy atom. The quantitative estimate of drug-likeness (QED) is 0.692. The number of rotatable bonds is 8. The predicted molar refractivity (Wildman–Crippen MR) is 105 cm³/mol. The van der Waals surface area contributed by atoms with Crippen molar-refractivity contribution in [1.29, 1.82) is 0 Å². The minimum Gasteiger partial charge on any atom is -0.350 e. The maximum atomic E-state index is 12.1. The van der Waals surface area contributed by atoms with Crippen LogP contribution in [0, 0.1) is 0 Å². The minimum atomic E-state index is -0.0167. The summed E-state index contributed by atoms with van der Waals surface area (Å²) in [4.78, 5) is 13.4. The van der Waals surface area contributed by atoms with E-state index in [4.69, 9.17) is 0 Å². The molecule has 0 heterocycles. The van der Waals surface area contributed by atoms with E-state index in [1.54, 1.807) is 11.8 Å². The van der Waals surface area contributed by atoms with Crippen LogP contribution in [0.15, 0.2) is 59.5 Å². The van der Waals surface area contributed by atoms with Crippen LogP contribution in [-0.4, -0.2) is 25.0 Å². The maximum Gasteiger partial charge on any atom is 0.251 e. The molecule has 5 heteroatoms. The standard InChI is InChI=1S/C19H24N2OS.ClH/c1-3-20-15(2)13-21-19(22)17-11-9-16(10-12-17)14-23-18-7-5-4-6-8-18;/h4-12,15,20H,3,13-14H2,1-2H3,(H,21,22);1H/t15-;/m1./s1. The molecule has 0 aromatic heterocycles. The SMILES string of the molecule is CCN[C@H](C)CNC(=O)c1ccc(CSc2ccccc2)cc1.Cl. The number of amides is 1. The second-order valence-corrected chi connectivity index (χ2v) is 6.52. The summed E-state index contributed by atoms with van der Waals surface area (Å²) in [7, 11) is 0. The molecule has 3 nitrogen and oxygen atoms in total. The monoisotopic (exact) mass is 364 g/mol. The van der Waals surface area contributed by atoms with Gasteiger partial charge >= 0.3 is 0 Å². The molecule has 0 saturated carbocycles. The summed E-state index contributed by atoms with van der Waals surface area (Å²) in [6.07, 6.45) is 0. The summed E-state index contributed by atoms with van der Waals surface area (Å²) < 4.78 is 0. The molecule has 0 saturated heterocycles. The molecule has 24 heavy (non-hydrogen) atoms. The lowest BCUT2D eigenvalue weighted by Gasteiger charge is -2.13. The van der Waals surface area contributed by atoms with Crippen molar-refractivity contribution in [3.8, 4) is 0 Å². The first-order valence-electron chi connectivity index (χ1n) is 7.97. The second-order valence-electron chi connectivity index (χ2n) is 5.47.